The predicted molar refractivity (Wildman–Crippen MR) is 137 cm³/mol. The number of aliphatic hydroxyl groups is 1. The maximum absolute atomic E-state index is 10.9. The number of ether oxygens (including phenoxy) is 1. The first kappa shape index (κ1) is 24.4. The number of methoxy groups -OCH3 is 1. The zero-order valence-corrected chi connectivity index (χ0v) is 23.0. The Hall–Kier alpha value is -0.340. The lowest BCUT2D eigenvalue weighted by atomic mass is 9.42. The van der Waals surface area contributed by atoms with E-state index in [0.717, 1.165) is 30.1 Å². The molecule has 188 valence electrons. The second-order valence-corrected chi connectivity index (χ2v) is 15.0. The number of allylic oxidation sites excluding steroid dienone is 1. The standard InChI is InChI=1S/C31H52O2/c1-21(10-9-15-26(2,3)33-8)22-13-16-29(7)24-12-11-23-27(4,5)25(32)14-17-30(23)20-31(24,30)19-18-28(22,29)6/h9,15,21-25,32H,10-14,16-20H2,1-8H3/t21-,22-,23+,24+,25+,28-,29+,30+,31-/m1/s1. The second kappa shape index (κ2) is 7.34. The molecule has 5 fully saturated rings. The van der Waals surface area contributed by atoms with Crippen molar-refractivity contribution in [1.29, 1.82) is 0 Å². The van der Waals surface area contributed by atoms with E-state index >= 15 is 0 Å². The lowest BCUT2D eigenvalue weighted by molar-refractivity contribution is -0.161. The molecule has 2 spiro atoms. The Kier molecular flexibility index (Phi) is 5.42. The van der Waals surface area contributed by atoms with Crippen LogP contribution >= 0.6 is 0 Å². The van der Waals surface area contributed by atoms with E-state index in [9.17, 15) is 5.11 Å². The monoisotopic (exact) mass is 456 g/mol. The van der Waals surface area contributed by atoms with E-state index in [0.29, 0.717) is 21.7 Å². The van der Waals surface area contributed by atoms with Crippen molar-refractivity contribution in [1.82, 2.24) is 0 Å². The van der Waals surface area contributed by atoms with Gasteiger partial charge in [0.2, 0.25) is 0 Å². The number of hydrogen-bond acceptors (Lipinski definition) is 2. The topological polar surface area (TPSA) is 29.5 Å². The van der Waals surface area contributed by atoms with E-state index in [1.165, 1.54) is 57.8 Å². The summed E-state index contributed by atoms with van der Waals surface area (Å²) in [6, 6.07) is 0. The number of fused-ring (bicyclic) bond motifs is 2. The Morgan fingerprint density at radius 3 is 2.27 bits per heavy atom. The van der Waals surface area contributed by atoms with Crippen LogP contribution < -0.4 is 0 Å². The molecule has 0 radical (unpaired) electrons. The summed E-state index contributed by atoms with van der Waals surface area (Å²) in [5.74, 6) is 3.23. The fourth-order valence-electron chi connectivity index (χ4n) is 11.1. The molecule has 0 aliphatic heterocycles. The van der Waals surface area contributed by atoms with Crippen molar-refractivity contribution in [2.45, 2.75) is 124 Å². The first-order valence-electron chi connectivity index (χ1n) is 14.2. The van der Waals surface area contributed by atoms with Crippen LogP contribution in [0.3, 0.4) is 0 Å². The van der Waals surface area contributed by atoms with Gasteiger partial charge in [-0.3, -0.25) is 0 Å². The molecule has 9 atom stereocenters. The molecule has 2 heteroatoms. The van der Waals surface area contributed by atoms with Crippen molar-refractivity contribution in [3.05, 3.63) is 12.2 Å². The van der Waals surface area contributed by atoms with Crippen LogP contribution in [0.4, 0.5) is 0 Å². The van der Waals surface area contributed by atoms with E-state index in [1.807, 2.05) is 7.11 Å². The van der Waals surface area contributed by atoms with Crippen LogP contribution in [-0.2, 0) is 4.74 Å². The molecule has 5 rings (SSSR count). The summed E-state index contributed by atoms with van der Waals surface area (Å²) in [5.41, 5.74) is 2.07. The SMILES string of the molecule is COC(C)(C)C=CC[C@@H](C)[C@H]1CC[C@@]2(C)[C@@H]3CC[C@H]4C(C)(C)[C@@H](O)CC[C@]45C[C@]35CC[C@]12C. The number of aliphatic hydroxyl groups excluding tert-OH is 1. The molecule has 2 nitrogen and oxygen atoms in total. The maximum Gasteiger partial charge on any atom is 0.0802 e. The van der Waals surface area contributed by atoms with E-state index in [2.05, 4.69) is 60.6 Å². The summed E-state index contributed by atoms with van der Waals surface area (Å²) < 4.78 is 5.60. The summed E-state index contributed by atoms with van der Waals surface area (Å²) >= 11 is 0. The molecule has 0 bridgehead atoms. The van der Waals surface area contributed by atoms with Gasteiger partial charge >= 0.3 is 0 Å². The molecule has 33 heavy (non-hydrogen) atoms. The highest BCUT2D eigenvalue weighted by molar-refractivity contribution is 5.30. The molecule has 5 saturated carbocycles. The first-order valence-corrected chi connectivity index (χ1v) is 14.2. The smallest absolute Gasteiger partial charge is 0.0802 e. The second-order valence-electron chi connectivity index (χ2n) is 15.0. The third kappa shape index (κ3) is 3.04. The van der Waals surface area contributed by atoms with Gasteiger partial charge in [0.25, 0.3) is 0 Å². The zero-order valence-electron chi connectivity index (χ0n) is 23.0. The molecule has 0 saturated heterocycles. The zero-order chi connectivity index (χ0) is 24.1. The van der Waals surface area contributed by atoms with Gasteiger partial charge in [0.05, 0.1) is 11.7 Å². The minimum Gasteiger partial charge on any atom is -0.393 e. The molecule has 0 heterocycles. The van der Waals surface area contributed by atoms with Gasteiger partial charge < -0.3 is 9.84 Å². The lowest BCUT2D eigenvalue weighted by Gasteiger charge is -2.63. The van der Waals surface area contributed by atoms with Gasteiger partial charge in [0.15, 0.2) is 0 Å². The summed E-state index contributed by atoms with van der Waals surface area (Å²) in [6.07, 6.45) is 18.1. The van der Waals surface area contributed by atoms with Crippen molar-refractivity contribution in [3.8, 4) is 0 Å². The van der Waals surface area contributed by atoms with Crippen molar-refractivity contribution in [2.24, 2.45) is 50.7 Å². The molecular formula is C31H52O2. The molecule has 0 unspecified atom stereocenters. The summed E-state index contributed by atoms with van der Waals surface area (Å²) in [5, 5.41) is 10.9. The molecule has 5 aliphatic rings. The van der Waals surface area contributed by atoms with Crippen LogP contribution in [0.5, 0.6) is 0 Å². The normalized spacial score (nSPS) is 51.4. The molecule has 0 aromatic heterocycles. The minimum absolute atomic E-state index is 0.0976. The molecule has 5 aliphatic carbocycles. The summed E-state index contributed by atoms with van der Waals surface area (Å²) in [7, 11) is 1.81. The van der Waals surface area contributed by atoms with Gasteiger partial charge in [-0.05, 0) is 129 Å². The average Bonchev–Trinajstić information content (AvgIpc) is 3.33. The van der Waals surface area contributed by atoms with Crippen molar-refractivity contribution >= 4 is 0 Å². The summed E-state index contributed by atoms with van der Waals surface area (Å²) in [4.78, 5) is 0. The van der Waals surface area contributed by atoms with Gasteiger partial charge in [-0.25, -0.2) is 0 Å². The predicted octanol–water partition coefficient (Wildman–Crippen LogP) is 7.79. The van der Waals surface area contributed by atoms with Gasteiger partial charge in [-0.1, -0.05) is 46.8 Å². The van der Waals surface area contributed by atoms with Crippen LogP contribution in [0.2, 0.25) is 0 Å². The van der Waals surface area contributed by atoms with Crippen LogP contribution in [0.1, 0.15) is 113 Å². The van der Waals surface area contributed by atoms with Crippen LogP contribution in [0.15, 0.2) is 12.2 Å². The van der Waals surface area contributed by atoms with Gasteiger partial charge in [-0.2, -0.15) is 0 Å². The number of rotatable bonds is 5. The van der Waals surface area contributed by atoms with E-state index in [-0.39, 0.29) is 17.1 Å². The average molecular weight is 457 g/mol. The van der Waals surface area contributed by atoms with Crippen LogP contribution in [0.25, 0.3) is 0 Å². The van der Waals surface area contributed by atoms with Crippen LogP contribution in [-0.4, -0.2) is 23.9 Å². The largest absolute Gasteiger partial charge is 0.393 e. The Bertz CT molecular complexity index is 812. The third-order valence-corrected chi connectivity index (χ3v) is 13.4. The van der Waals surface area contributed by atoms with E-state index < -0.39 is 0 Å². The molecule has 0 aromatic rings. The Balaban J connectivity index is 1.38. The van der Waals surface area contributed by atoms with Crippen LogP contribution in [0, 0.1) is 50.7 Å². The fraction of sp³-hybridized carbons (Fsp3) is 0.935. The summed E-state index contributed by atoms with van der Waals surface area (Å²) in [6.45, 7) is 17.0. The lowest BCUT2D eigenvalue weighted by Crippen LogP contribution is -2.57. The minimum atomic E-state index is -0.161. The maximum atomic E-state index is 10.9. The Morgan fingerprint density at radius 1 is 0.909 bits per heavy atom. The van der Waals surface area contributed by atoms with Gasteiger partial charge in [-0.15, -0.1) is 0 Å². The van der Waals surface area contributed by atoms with Gasteiger partial charge in [0.1, 0.15) is 0 Å². The van der Waals surface area contributed by atoms with Crippen molar-refractivity contribution < 1.29 is 9.84 Å². The van der Waals surface area contributed by atoms with Gasteiger partial charge in [0, 0.05) is 7.11 Å². The van der Waals surface area contributed by atoms with Crippen molar-refractivity contribution in [3.63, 3.8) is 0 Å². The quantitative estimate of drug-likeness (QED) is 0.428. The highest BCUT2D eigenvalue weighted by atomic mass is 16.5. The molecule has 1 N–H and O–H groups in total. The van der Waals surface area contributed by atoms with E-state index in [4.69, 9.17) is 4.74 Å². The molecule has 0 aromatic carbocycles. The third-order valence-electron chi connectivity index (χ3n) is 13.4. The fourth-order valence-corrected chi connectivity index (χ4v) is 11.1. The van der Waals surface area contributed by atoms with E-state index in [1.54, 1.807) is 0 Å². The highest BCUT2D eigenvalue weighted by Gasteiger charge is 2.82. The van der Waals surface area contributed by atoms with Crippen molar-refractivity contribution in [2.75, 3.05) is 7.11 Å². The Morgan fingerprint density at radius 2 is 1.58 bits per heavy atom. The number of hydrogen-bond donors (Lipinski definition) is 1. The first-order chi connectivity index (χ1) is 15.3. The molecular weight excluding hydrogens is 404 g/mol. The Labute approximate surface area is 204 Å². The highest BCUT2D eigenvalue weighted by Crippen LogP contribution is 2.89. The molecule has 0 amide bonds.